The van der Waals surface area contributed by atoms with E-state index >= 15 is 0 Å². The molecular formula is C15H15ClN4O. The molecule has 21 heavy (non-hydrogen) atoms. The summed E-state index contributed by atoms with van der Waals surface area (Å²) in [6, 6.07) is 8.99. The fraction of sp³-hybridized carbons (Fsp3) is 0.200. The van der Waals surface area contributed by atoms with E-state index < -0.39 is 5.91 Å². The minimum atomic E-state index is -0.552. The average molecular weight is 303 g/mol. The molecule has 5 nitrogen and oxygen atoms in total. The molecule has 3 N–H and O–H groups in total. The van der Waals surface area contributed by atoms with E-state index in [0.717, 1.165) is 16.9 Å². The molecule has 0 spiro atoms. The van der Waals surface area contributed by atoms with Crippen molar-refractivity contribution in [3.63, 3.8) is 0 Å². The molecule has 0 saturated carbocycles. The summed E-state index contributed by atoms with van der Waals surface area (Å²) in [6.45, 7) is 2.52. The molecule has 0 aliphatic heterocycles. The van der Waals surface area contributed by atoms with Gasteiger partial charge in [0, 0.05) is 25.0 Å². The van der Waals surface area contributed by atoms with Crippen LogP contribution >= 0.6 is 11.6 Å². The van der Waals surface area contributed by atoms with E-state index in [-0.39, 0.29) is 0 Å². The van der Waals surface area contributed by atoms with Crippen molar-refractivity contribution in [1.82, 2.24) is 4.57 Å². The molecule has 108 valence electrons. The second kappa shape index (κ2) is 5.90. The average Bonchev–Trinajstić information content (AvgIpc) is 2.72. The van der Waals surface area contributed by atoms with Crippen LogP contribution < -0.4 is 11.1 Å². The van der Waals surface area contributed by atoms with Crippen molar-refractivity contribution >= 4 is 23.2 Å². The molecular weight excluding hydrogens is 288 g/mol. The molecule has 0 bridgehead atoms. The number of rotatable bonds is 4. The van der Waals surface area contributed by atoms with Crippen LogP contribution in [-0.4, -0.2) is 10.5 Å². The summed E-state index contributed by atoms with van der Waals surface area (Å²) < 4.78 is 1.85. The molecule has 1 aromatic heterocycles. The highest BCUT2D eigenvalue weighted by atomic mass is 35.5. The number of hydrogen-bond acceptors (Lipinski definition) is 3. The van der Waals surface area contributed by atoms with Gasteiger partial charge in [-0.05, 0) is 36.8 Å². The summed E-state index contributed by atoms with van der Waals surface area (Å²) in [6.07, 6.45) is 0. The maximum absolute atomic E-state index is 11.1. The van der Waals surface area contributed by atoms with Crippen molar-refractivity contribution < 1.29 is 4.79 Å². The molecule has 0 radical (unpaired) electrons. The second-order valence-electron chi connectivity index (χ2n) is 4.72. The predicted octanol–water partition coefficient (Wildman–Crippen LogP) is 2.57. The Labute approximate surface area is 127 Å². The highest BCUT2D eigenvalue weighted by Crippen LogP contribution is 2.22. The van der Waals surface area contributed by atoms with E-state index in [2.05, 4.69) is 11.4 Å². The van der Waals surface area contributed by atoms with Crippen molar-refractivity contribution in [3.05, 3.63) is 51.8 Å². The Hall–Kier alpha value is -2.45. The molecule has 0 aliphatic carbocycles. The van der Waals surface area contributed by atoms with E-state index in [4.69, 9.17) is 22.6 Å². The van der Waals surface area contributed by atoms with Gasteiger partial charge in [-0.3, -0.25) is 4.79 Å². The van der Waals surface area contributed by atoms with Gasteiger partial charge in [0.25, 0.3) is 0 Å². The Kier molecular flexibility index (Phi) is 4.20. The van der Waals surface area contributed by atoms with Crippen LogP contribution in [0.2, 0.25) is 5.02 Å². The minimum absolute atomic E-state index is 0.296. The third kappa shape index (κ3) is 3.01. The smallest absolute Gasteiger partial charge is 0.250 e. The zero-order chi connectivity index (χ0) is 15.6. The monoisotopic (exact) mass is 302 g/mol. The van der Waals surface area contributed by atoms with Crippen LogP contribution in [0.1, 0.15) is 27.3 Å². The van der Waals surface area contributed by atoms with Gasteiger partial charge in [0.2, 0.25) is 5.91 Å². The van der Waals surface area contributed by atoms with Gasteiger partial charge in [-0.15, -0.1) is 0 Å². The van der Waals surface area contributed by atoms with Gasteiger partial charge in [-0.25, -0.2) is 0 Å². The summed E-state index contributed by atoms with van der Waals surface area (Å²) >= 11 is 6.00. The number of carbonyl (C=O) groups excluding carboxylic acids is 1. The largest absolute Gasteiger partial charge is 0.381 e. The number of carbonyl (C=O) groups is 1. The van der Waals surface area contributed by atoms with Gasteiger partial charge >= 0.3 is 0 Å². The number of nitrogens with one attached hydrogen (secondary N) is 1. The molecule has 1 aromatic carbocycles. The SMILES string of the molecule is Cc1c(CNc2ccc(C(N)=O)c(Cl)c2)cc(C#N)n1C. The Morgan fingerprint density at radius 1 is 1.48 bits per heavy atom. The van der Waals surface area contributed by atoms with Crippen LogP contribution in [0.15, 0.2) is 24.3 Å². The first-order chi connectivity index (χ1) is 9.93. The molecule has 1 amide bonds. The minimum Gasteiger partial charge on any atom is -0.381 e. The molecule has 2 aromatic rings. The highest BCUT2D eigenvalue weighted by Gasteiger charge is 2.10. The molecule has 6 heteroatoms. The number of nitrogens with zero attached hydrogens (tertiary/aromatic N) is 2. The van der Waals surface area contributed by atoms with Crippen molar-refractivity contribution in [2.75, 3.05) is 5.32 Å². The van der Waals surface area contributed by atoms with E-state index in [1.165, 1.54) is 0 Å². The fourth-order valence-electron chi connectivity index (χ4n) is 2.07. The van der Waals surface area contributed by atoms with Gasteiger partial charge in [0.05, 0.1) is 10.6 Å². The molecule has 0 saturated heterocycles. The van der Waals surface area contributed by atoms with Crippen molar-refractivity contribution in [3.8, 4) is 6.07 Å². The molecule has 2 rings (SSSR count). The Balaban J connectivity index is 2.16. The topological polar surface area (TPSA) is 83.8 Å². The quantitative estimate of drug-likeness (QED) is 0.910. The lowest BCUT2D eigenvalue weighted by molar-refractivity contribution is 0.100. The van der Waals surface area contributed by atoms with Crippen LogP contribution in [-0.2, 0) is 13.6 Å². The van der Waals surface area contributed by atoms with Crippen molar-refractivity contribution in [1.29, 1.82) is 5.26 Å². The highest BCUT2D eigenvalue weighted by molar-refractivity contribution is 6.34. The van der Waals surface area contributed by atoms with Gasteiger partial charge in [-0.1, -0.05) is 11.6 Å². The molecule has 1 heterocycles. The number of halogens is 1. The van der Waals surface area contributed by atoms with Crippen LogP contribution in [0.25, 0.3) is 0 Å². The normalized spacial score (nSPS) is 10.2. The number of aromatic nitrogens is 1. The van der Waals surface area contributed by atoms with Crippen LogP contribution in [0, 0.1) is 18.3 Å². The first-order valence-electron chi connectivity index (χ1n) is 6.32. The van der Waals surface area contributed by atoms with Gasteiger partial charge in [0.15, 0.2) is 0 Å². The lowest BCUT2D eigenvalue weighted by Crippen LogP contribution is -2.11. The third-order valence-corrected chi connectivity index (χ3v) is 3.78. The Morgan fingerprint density at radius 3 is 2.71 bits per heavy atom. The summed E-state index contributed by atoms with van der Waals surface area (Å²) in [4.78, 5) is 11.1. The first kappa shape index (κ1) is 14.9. The summed E-state index contributed by atoms with van der Waals surface area (Å²) in [5.74, 6) is -0.552. The van der Waals surface area contributed by atoms with E-state index in [1.807, 2.05) is 24.6 Å². The summed E-state index contributed by atoms with van der Waals surface area (Å²) in [5, 5.41) is 12.5. The van der Waals surface area contributed by atoms with Crippen LogP contribution in [0.5, 0.6) is 0 Å². The number of anilines is 1. The van der Waals surface area contributed by atoms with Gasteiger partial charge in [-0.2, -0.15) is 5.26 Å². The maximum atomic E-state index is 11.1. The van der Waals surface area contributed by atoms with E-state index in [0.29, 0.717) is 22.8 Å². The summed E-state index contributed by atoms with van der Waals surface area (Å²) in [5.41, 5.74) is 8.96. The number of primary amides is 1. The van der Waals surface area contributed by atoms with E-state index in [1.54, 1.807) is 18.2 Å². The second-order valence-corrected chi connectivity index (χ2v) is 5.13. The number of hydrogen-bond donors (Lipinski definition) is 2. The van der Waals surface area contributed by atoms with Gasteiger partial charge < -0.3 is 15.6 Å². The number of benzene rings is 1. The number of amides is 1. The fourth-order valence-corrected chi connectivity index (χ4v) is 2.34. The van der Waals surface area contributed by atoms with Crippen molar-refractivity contribution in [2.45, 2.75) is 13.5 Å². The lowest BCUT2D eigenvalue weighted by Gasteiger charge is -2.08. The molecule has 0 unspecified atom stereocenters. The standard InChI is InChI=1S/C15H15ClN4O/c1-9-10(5-12(7-17)20(9)2)8-19-11-3-4-13(15(18)21)14(16)6-11/h3-6,19H,8H2,1-2H3,(H2,18,21). The first-order valence-corrected chi connectivity index (χ1v) is 6.70. The predicted molar refractivity (Wildman–Crippen MR) is 82.2 cm³/mol. The summed E-state index contributed by atoms with van der Waals surface area (Å²) in [7, 11) is 1.86. The Morgan fingerprint density at radius 2 is 2.19 bits per heavy atom. The maximum Gasteiger partial charge on any atom is 0.250 e. The zero-order valence-electron chi connectivity index (χ0n) is 11.8. The zero-order valence-corrected chi connectivity index (χ0v) is 12.5. The van der Waals surface area contributed by atoms with E-state index in [9.17, 15) is 4.79 Å². The molecule has 0 aliphatic rings. The molecule has 0 atom stereocenters. The van der Waals surface area contributed by atoms with Crippen LogP contribution in [0.3, 0.4) is 0 Å². The number of nitriles is 1. The molecule has 0 fully saturated rings. The third-order valence-electron chi connectivity index (χ3n) is 3.47. The Bertz CT molecular complexity index is 743. The van der Waals surface area contributed by atoms with Gasteiger partial charge in [0.1, 0.15) is 11.8 Å². The number of nitrogens with two attached hydrogens (primary N) is 1. The van der Waals surface area contributed by atoms with Crippen LogP contribution in [0.4, 0.5) is 5.69 Å². The van der Waals surface area contributed by atoms with Crippen molar-refractivity contribution in [2.24, 2.45) is 12.8 Å². The lowest BCUT2D eigenvalue weighted by atomic mass is 10.2.